The van der Waals surface area contributed by atoms with Gasteiger partial charge in [0.15, 0.2) is 0 Å². The number of hydrogen-bond acceptors (Lipinski definition) is 1. The minimum Gasteiger partial charge on any atom is -0.367 e. The first-order valence-corrected chi connectivity index (χ1v) is 11.3. The van der Waals surface area contributed by atoms with Crippen molar-refractivity contribution >= 4 is 0 Å². The molecule has 2 rings (SSSR count). The summed E-state index contributed by atoms with van der Waals surface area (Å²) in [6.07, 6.45) is 29.3. The highest BCUT2D eigenvalue weighted by Crippen LogP contribution is 2.29. The summed E-state index contributed by atoms with van der Waals surface area (Å²) in [6.45, 7) is 4.58. The molecule has 4 atom stereocenters. The second-order valence-corrected chi connectivity index (χ2v) is 8.36. The van der Waals surface area contributed by atoms with Gasteiger partial charge in [-0.2, -0.15) is 0 Å². The van der Waals surface area contributed by atoms with Crippen LogP contribution in [-0.4, -0.2) is 12.2 Å². The molecular weight excluding hydrogens is 304 g/mol. The number of rotatable bonds is 12. The third-order valence-corrected chi connectivity index (χ3v) is 6.05. The van der Waals surface area contributed by atoms with Crippen LogP contribution in [0.1, 0.15) is 104 Å². The van der Waals surface area contributed by atoms with Crippen molar-refractivity contribution in [3.05, 3.63) is 24.3 Å². The molecule has 0 aromatic heterocycles. The van der Waals surface area contributed by atoms with Crippen LogP contribution in [0.5, 0.6) is 0 Å². The van der Waals surface area contributed by atoms with E-state index in [-0.39, 0.29) is 0 Å². The van der Waals surface area contributed by atoms with Crippen LogP contribution in [0.25, 0.3) is 0 Å². The van der Waals surface area contributed by atoms with E-state index >= 15 is 0 Å². The fraction of sp³-hybridized carbons (Fsp3) is 0.833. The number of ether oxygens (including phenoxy) is 1. The van der Waals surface area contributed by atoms with Gasteiger partial charge in [0.05, 0.1) is 12.2 Å². The molecule has 0 saturated heterocycles. The van der Waals surface area contributed by atoms with E-state index in [2.05, 4.69) is 38.2 Å². The third kappa shape index (κ3) is 8.58. The summed E-state index contributed by atoms with van der Waals surface area (Å²) in [7, 11) is 0. The minimum atomic E-state index is 0.364. The second kappa shape index (κ2) is 12.7. The highest BCUT2D eigenvalue weighted by Gasteiger charge is 2.21. The summed E-state index contributed by atoms with van der Waals surface area (Å²) in [4.78, 5) is 0. The van der Waals surface area contributed by atoms with Gasteiger partial charge in [0.2, 0.25) is 0 Å². The van der Waals surface area contributed by atoms with E-state index < -0.39 is 0 Å². The summed E-state index contributed by atoms with van der Waals surface area (Å²) in [6, 6.07) is 0. The molecule has 1 heteroatoms. The van der Waals surface area contributed by atoms with Crippen LogP contribution < -0.4 is 0 Å². The molecule has 0 saturated carbocycles. The van der Waals surface area contributed by atoms with E-state index in [1.807, 2.05) is 0 Å². The third-order valence-electron chi connectivity index (χ3n) is 6.05. The smallest absolute Gasteiger partial charge is 0.0764 e. The lowest BCUT2D eigenvalue weighted by molar-refractivity contribution is 0.0200. The second-order valence-electron chi connectivity index (χ2n) is 8.36. The largest absolute Gasteiger partial charge is 0.367 e. The normalized spacial score (nSPS) is 29.2. The van der Waals surface area contributed by atoms with Crippen LogP contribution in [-0.2, 0) is 4.74 Å². The molecule has 0 heterocycles. The summed E-state index contributed by atoms with van der Waals surface area (Å²) >= 11 is 0. The van der Waals surface area contributed by atoms with Crippen molar-refractivity contribution < 1.29 is 4.74 Å². The molecule has 0 radical (unpaired) electrons. The summed E-state index contributed by atoms with van der Waals surface area (Å²) in [5.74, 6) is 1.62. The van der Waals surface area contributed by atoms with Gasteiger partial charge in [-0.25, -0.2) is 0 Å². The van der Waals surface area contributed by atoms with Crippen molar-refractivity contribution in [2.24, 2.45) is 11.8 Å². The number of allylic oxidation sites excluding steroid dienone is 2. The Hall–Kier alpha value is -0.560. The molecule has 0 fully saturated rings. The zero-order chi connectivity index (χ0) is 17.7. The fourth-order valence-electron chi connectivity index (χ4n) is 4.30. The predicted octanol–water partition coefficient (Wildman–Crippen LogP) is 7.61. The Kier molecular flexibility index (Phi) is 10.6. The van der Waals surface area contributed by atoms with Crippen molar-refractivity contribution in [2.45, 2.75) is 116 Å². The van der Waals surface area contributed by atoms with Gasteiger partial charge >= 0.3 is 0 Å². The average molecular weight is 347 g/mol. The molecular formula is C24H42O. The molecule has 2 aliphatic rings. The van der Waals surface area contributed by atoms with E-state index in [9.17, 15) is 0 Å². The molecule has 0 spiro atoms. The average Bonchev–Trinajstić information content (AvgIpc) is 2.65. The Labute approximate surface area is 157 Å². The van der Waals surface area contributed by atoms with Gasteiger partial charge in [-0.3, -0.25) is 0 Å². The lowest BCUT2D eigenvalue weighted by atomic mass is 9.88. The van der Waals surface area contributed by atoms with Crippen molar-refractivity contribution in [2.75, 3.05) is 0 Å². The molecule has 2 aliphatic carbocycles. The fourth-order valence-corrected chi connectivity index (χ4v) is 4.30. The monoisotopic (exact) mass is 346 g/mol. The van der Waals surface area contributed by atoms with Crippen molar-refractivity contribution in [1.29, 1.82) is 0 Å². The van der Waals surface area contributed by atoms with E-state index in [4.69, 9.17) is 4.74 Å². The molecule has 0 bridgehead atoms. The molecule has 0 N–H and O–H groups in total. The van der Waals surface area contributed by atoms with E-state index in [0.717, 1.165) is 11.8 Å². The van der Waals surface area contributed by atoms with Crippen molar-refractivity contribution in [1.82, 2.24) is 0 Å². The van der Waals surface area contributed by atoms with Crippen LogP contribution in [0.3, 0.4) is 0 Å². The Morgan fingerprint density at radius 3 is 1.44 bits per heavy atom. The van der Waals surface area contributed by atoms with Crippen LogP contribution in [0.15, 0.2) is 24.3 Å². The van der Waals surface area contributed by atoms with Crippen LogP contribution in [0, 0.1) is 11.8 Å². The molecule has 0 aromatic carbocycles. The Balaban J connectivity index is 1.60. The standard InChI is InChI=1S/C24H42O/c1-3-5-7-9-11-21-13-17-23(18-14-21)25-24-19-15-22(16-20-24)12-10-8-6-4-2/h13,15,17,19,21-24H,3-12,14,16,18,20H2,1-2H3. The maximum absolute atomic E-state index is 6.34. The predicted molar refractivity (Wildman–Crippen MR) is 110 cm³/mol. The lowest BCUT2D eigenvalue weighted by Gasteiger charge is -2.29. The zero-order valence-electron chi connectivity index (χ0n) is 16.9. The Morgan fingerprint density at radius 2 is 1.08 bits per heavy atom. The summed E-state index contributed by atoms with van der Waals surface area (Å²) in [5.41, 5.74) is 0. The van der Waals surface area contributed by atoms with Gasteiger partial charge < -0.3 is 4.74 Å². The SMILES string of the molecule is CCCCCCC1C=CC(OC2C=CC(CCCCCC)CC2)CC1. The molecule has 4 unspecified atom stereocenters. The van der Waals surface area contributed by atoms with E-state index in [0.29, 0.717) is 12.2 Å². The minimum absolute atomic E-state index is 0.364. The number of unbranched alkanes of at least 4 members (excludes halogenated alkanes) is 6. The zero-order valence-corrected chi connectivity index (χ0v) is 16.9. The topological polar surface area (TPSA) is 9.23 Å². The summed E-state index contributed by atoms with van der Waals surface area (Å²) in [5, 5.41) is 0. The number of hydrogen-bond donors (Lipinski definition) is 0. The van der Waals surface area contributed by atoms with Gasteiger partial charge in [-0.05, 0) is 50.4 Å². The van der Waals surface area contributed by atoms with Crippen LogP contribution >= 0.6 is 0 Å². The first-order chi connectivity index (χ1) is 12.3. The van der Waals surface area contributed by atoms with Gasteiger partial charge in [-0.15, -0.1) is 0 Å². The lowest BCUT2D eigenvalue weighted by Crippen LogP contribution is -2.25. The highest BCUT2D eigenvalue weighted by atomic mass is 16.5. The molecule has 0 aliphatic heterocycles. The molecule has 0 aromatic rings. The first kappa shape index (κ1) is 20.7. The van der Waals surface area contributed by atoms with Gasteiger partial charge in [0.25, 0.3) is 0 Å². The summed E-state index contributed by atoms with van der Waals surface area (Å²) < 4.78 is 6.34. The molecule has 0 amide bonds. The maximum Gasteiger partial charge on any atom is 0.0764 e. The van der Waals surface area contributed by atoms with E-state index in [1.165, 1.54) is 89.9 Å². The van der Waals surface area contributed by atoms with Crippen molar-refractivity contribution in [3.63, 3.8) is 0 Å². The Bertz CT molecular complexity index is 348. The first-order valence-electron chi connectivity index (χ1n) is 11.3. The van der Waals surface area contributed by atoms with Gasteiger partial charge in [-0.1, -0.05) is 89.5 Å². The van der Waals surface area contributed by atoms with Gasteiger partial charge in [0.1, 0.15) is 0 Å². The molecule has 25 heavy (non-hydrogen) atoms. The maximum atomic E-state index is 6.34. The van der Waals surface area contributed by atoms with Crippen LogP contribution in [0.2, 0.25) is 0 Å². The quantitative estimate of drug-likeness (QED) is 0.261. The molecule has 1 nitrogen and oxygen atoms in total. The molecule has 144 valence electrons. The van der Waals surface area contributed by atoms with Crippen molar-refractivity contribution in [3.8, 4) is 0 Å². The van der Waals surface area contributed by atoms with Crippen LogP contribution in [0.4, 0.5) is 0 Å². The highest BCUT2D eigenvalue weighted by molar-refractivity contribution is 5.03. The van der Waals surface area contributed by atoms with E-state index in [1.54, 1.807) is 0 Å². The van der Waals surface area contributed by atoms with Gasteiger partial charge in [0, 0.05) is 0 Å². The Morgan fingerprint density at radius 1 is 0.600 bits per heavy atom.